The summed E-state index contributed by atoms with van der Waals surface area (Å²) in [6, 6.07) is 17.9. The lowest BCUT2D eigenvalue weighted by Crippen LogP contribution is -2.41. The van der Waals surface area contributed by atoms with Gasteiger partial charge in [-0.05, 0) is 43.5 Å². The zero-order valence-electron chi connectivity index (χ0n) is 12.8. The van der Waals surface area contributed by atoms with Crippen LogP contribution in [-0.4, -0.2) is 24.0 Å². The van der Waals surface area contributed by atoms with Crippen LogP contribution in [0.2, 0.25) is 0 Å². The van der Waals surface area contributed by atoms with E-state index in [1.54, 1.807) is 36.4 Å². The van der Waals surface area contributed by atoms with Crippen molar-refractivity contribution in [2.75, 3.05) is 0 Å². The highest BCUT2D eigenvalue weighted by Gasteiger charge is 2.32. The van der Waals surface area contributed by atoms with Crippen LogP contribution in [0.15, 0.2) is 60.7 Å². The predicted octanol–water partition coefficient (Wildman–Crippen LogP) is 3.19. The number of amides is 1. The summed E-state index contributed by atoms with van der Waals surface area (Å²) in [5.41, 5.74) is 1.15. The quantitative estimate of drug-likeness (QED) is 0.882. The maximum Gasteiger partial charge on any atom is 0.338 e. The van der Waals surface area contributed by atoms with Crippen LogP contribution in [0.4, 0.5) is 0 Å². The third-order valence-corrected chi connectivity index (χ3v) is 4.07. The van der Waals surface area contributed by atoms with Crippen LogP contribution in [0.5, 0.6) is 0 Å². The van der Waals surface area contributed by atoms with Crippen LogP contribution < -0.4 is 5.32 Å². The third-order valence-electron chi connectivity index (χ3n) is 4.07. The molecule has 0 bridgehead atoms. The molecule has 3 rings (SSSR count). The fraction of sp³-hybridized carbons (Fsp3) is 0.263. The molecule has 0 heterocycles. The Kier molecular flexibility index (Phi) is 4.71. The largest absolute Gasteiger partial charge is 0.457 e. The topological polar surface area (TPSA) is 55.4 Å². The van der Waals surface area contributed by atoms with Gasteiger partial charge < -0.3 is 10.1 Å². The second-order valence-electron chi connectivity index (χ2n) is 5.69. The molecule has 1 saturated carbocycles. The number of carbonyl (C=O) groups excluding carboxylic acids is 2. The van der Waals surface area contributed by atoms with Crippen LogP contribution in [0.25, 0.3) is 0 Å². The lowest BCUT2D eigenvalue weighted by atomic mass is 10.1. The highest BCUT2D eigenvalue weighted by atomic mass is 16.5. The molecule has 4 heteroatoms. The summed E-state index contributed by atoms with van der Waals surface area (Å²) in [5.74, 6) is -0.463. The number of esters is 1. The number of hydrogen-bond acceptors (Lipinski definition) is 3. The van der Waals surface area contributed by atoms with Gasteiger partial charge in [0.15, 0.2) is 0 Å². The summed E-state index contributed by atoms with van der Waals surface area (Å²) in [6.07, 6.45) is 2.27. The minimum atomic E-state index is -0.337. The Labute approximate surface area is 135 Å². The lowest BCUT2D eigenvalue weighted by molar-refractivity contribution is 0.0250. The van der Waals surface area contributed by atoms with Crippen molar-refractivity contribution in [1.82, 2.24) is 5.32 Å². The van der Waals surface area contributed by atoms with Crippen molar-refractivity contribution < 1.29 is 14.3 Å². The minimum absolute atomic E-state index is 0.127. The van der Waals surface area contributed by atoms with E-state index in [1.165, 1.54) is 0 Å². The van der Waals surface area contributed by atoms with Crippen molar-refractivity contribution in [3.8, 4) is 0 Å². The molecule has 0 saturated heterocycles. The molecule has 118 valence electrons. The van der Waals surface area contributed by atoms with Gasteiger partial charge in [0.2, 0.25) is 0 Å². The van der Waals surface area contributed by atoms with Crippen molar-refractivity contribution >= 4 is 11.9 Å². The molecule has 0 aliphatic heterocycles. The summed E-state index contributed by atoms with van der Waals surface area (Å²) in [6.45, 7) is 0. The number of ether oxygens (including phenoxy) is 1. The lowest BCUT2D eigenvalue weighted by Gasteiger charge is -2.21. The van der Waals surface area contributed by atoms with Crippen LogP contribution in [-0.2, 0) is 4.74 Å². The Hall–Kier alpha value is -2.62. The van der Waals surface area contributed by atoms with E-state index in [4.69, 9.17) is 4.74 Å². The molecule has 1 aliphatic rings. The van der Waals surface area contributed by atoms with Crippen molar-refractivity contribution in [2.24, 2.45) is 0 Å². The Morgan fingerprint density at radius 3 is 2.13 bits per heavy atom. The molecule has 0 radical (unpaired) electrons. The van der Waals surface area contributed by atoms with E-state index in [0.717, 1.165) is 19.3 Å². The fourth-order valence-corrected chi connectivity index (χ4v) is 2.85. The van der Waals surface area contributed by atoms with Crippen molar-refractivity contribution in [3.63, 3.8) is 0 Å². The molecule has 23 heavy (non-hydrogen) atoms. The van der Waals surface area contributed by atoms with E-state index in [1.807, 2.05) is 24.3 Å². The summed E-state index contributed by atoms with van der Waals surface area (Å²) in [4.78, 5) is 24.4. The Bertz CT molecular complexity index is 610. The van der Waals surface area contributed by atoms with Crippen molar-refractivity contribution in [2.45, 2.75) is 31.4 Å². The number of hydrogen-bond donors (Lipinski definition) is 1. The molecule has 2 aromatic carbocycles. The molecule has 2 unspecified atom stereocenters. The van der Waals surface area contributed by atoms with Gasteiger partial charge in [-0.1, -0.05) is 36.4 Å². The Morgan fingerprint density at radius 1 is 0.870 bits per heavy atom. The minimum Gasteiger partial charge on any atom is -0.457 e. The maximum absolute atomic E-state index is 12.3. The molecule has 2 atom stereocenters. The van der Waals surface area contributed by atoms with E-state index >= 15 is 0 Å². The van der Waals surface area contributed by atoms with E-state index in [0.29, 0.717) is 11.1 Å². The summed E-state index contributed by atoms with van der Waals surface area (Å²) in [5, 5.41) is 2.99. The molecule has 1 aliphatic carbocycles. The van der Waals surface area contributed by atoms with Gasteiger partial charge in [0.05, 0.1) is 11.6 Å². The van der Waals surface area contributed by atoms with Gasteiger partial charge >= 0.3 is 5.97 Å². The normalized spacial score (nSPS) is 20.0. The van der Waals surface area contributed by atoms with Crippen molar-refractivity contribution in [1.29, 1.82) is 0 Å². The van der Waals surface area contributed by atoms with Gasteiger partial charge in [-0.15, -0.1) is 0 Å². The molecule has 4 nitrogen and oxygen atoms in total. The molecule has 0 spiro atoms. The van der Waals surface area contributed by atoms with Crippen LogP contribution in [0, 0.1) is 0 Å². The number of benzene rings is 2. The van der Waals surface area contributed by atoms with Gasteiger partial charge in [-0.2, -0.15) is 0 Å². The number of carbonyl (C=O) groups is 2. The van der Waals surface area contributed by atoms with Gasteiger partial charge in [0.1, 0.15) is 6.10 Å². The predicted molar refractivity (Wildman–Crippen MR) is 87.2 cm³/mol. The van der Waals surface area contributed by atoms with Gasteiger partial charge in [-0.3, -0.25) is 4.79 Å². The van der Waals surface area contributed by atoms with Crippen LogP contribution >= 0.6 is 0 Å². The second-order valence-corrected chi connectivity index (χ2v) is 5.69. The molecule has 2 aromatic rings. The van der Waals surface area contributed by atoms with E-state index < -0.39 is 0 Å². The zero-order chi connectivity index (χ0) is 16.1. The van der Waals surface area contributed by atoms with E-state index in [-0.39, 0.29) is 24.0 Å². The average molecular weight is 309 g/mol. The highest BCUT2D eigenvalue weighted by Crippen LogP contribution is 2.23. The van der Waals surface area contributed by atoms with Gasteiger partial charge in [0.25, 0.3) is 5.91 Å². The smallest absolute Gasteiger partial charge is 0.338 e. The Morgan fingerprint density at radius 2 is 1.48 bits per heavy atom. The first-order chi connectivity index (χ1) is 11.2. The van der Waals surface area contributed by atoms with Crippen molar-refractivity contribution in [3.05, 3.63) is 71.8 Å². The molecule has 1 fully saturated rings. The fourth-order valence-electron chi connectivity index (χ4n) is 2.85. The van der Waals surface area contributed by atoms with Crippen LogP contribution in [0.1, 0.15) is 40.0 Å². The standard InChI is InChI=1S/C19H19NO3/c21-18(14-8-3-1-4-9-14)20-16-12-7-13-17(16)23-19(22)15-10-5-2-6-11-15/h1-6,8-11,16-17H,7,12-13H2,(H,20,21). The van der Waals surface area contributed by atoms with E-state index in [9.17, 15) is 9.59 Å². The maximum atomic E-state index is 12.3. The van der Waals surface area contributed by atoms with Crippen LogP contribution in [0.3, 0.4) is 0 Å². The Balaban J connectivity index is 1.62. The third kappa shape index (κ3) is 3.77. The SMILES string of the molecule is O=C(NC1CCCC1OC(=O)c1ccccc1)c1ccccc1. The first kappa shape index (κ1) is 15.3. The monoisotopic (exact) mass is 309 g/mol. The number of rotatable bonds is 4. The molecule has 1 amide bonds. The first-order valence-corrected chi connectivity index (χ1v) is 7.86. The molecular formula is C19H19NO3. The van der Waals surface area contributed by atoms with Gasteiger partial charge in [-0.25, -0.2) is 4.79 Å². The summed E-state index contributed by atoms with van der Waals surface area (Å²) >= 11 is 0. The zero-order valence-corrected chi connectivity index (χ0v) is 12.8. The first-order valence-electron chi connectivity index (χ1n) is 7.86. The summed E-state index contributed by atoms with van der Waals surface area (Å²) < 4.78 is 5.59. The molecular weight excluding hydrogens is 290 g/mol. The second kappa shape index (κ2) is 7.09. The van der Waals surface area contributed by atoms with E-state index in [2.05, 4.69) is 5.32 Å². The molecule has 0 aromatic heterocycles. The summed E-state index contributed by atoms with van der Waals surface area (Å²) in [7, 11) is 0. The van der Waals surface area contributed by atoms with Gasteiger partial charge in [0, 0.05) is 5.56 Å². The molecule has 1 N–H and O–H groups in total. The highest BCUT2D eigenvalue weighted by molar-refractivity contribution is 5.94. The average Bonchev–Trinajstić information content (AvgIpc) is 3.03. The number of nitrogens with one attached hydrogen (secondary N) is 1.